The van der Waals surface area contributed by atoms with Crippen LogP contribution in [0.4, 0.5) is 5.69 Å². The Morgan fingerprint density at radius 2 is 1.88 bits per heavy atom. The van der Waals surface area contributed by atoms with E-state index in [1.54, 1.807) is 37.9 Å². The molecule has 0 aliphatic carbocycles. The number of imidazole rings is 1. The molecule has 0 aliphatic rings. The van der Waals surface area contributed by atoms with E-state index in [-0.39, 0.29) is 11.2 Å². The normalized spacial score (nSPS) is 12.7. The van der Waals surface area contributed by atoms with Gasteiger partial charge in [0.25, 0.3) is 0 Å². The Labute approximate surface area is 234 Å². The summed E-state index contributed by atoms with van der Waals surface area (Å²) >= 11 is 1.42. The van der Waals surface area contributed by atoms with Crippen LogP contribution in [0, 0.1) is 5.41 Å². The zero-order valence-corrected chi connectivity index (χ0v) is 23.3. The highest BCUT2D eigenvalue weighted by molar-refractivity contribution is 7.17. The molecule has 202 valence electrons. The summed E-state index contributed by atoms with van der Waals surface area (Å²) in [5.74, 6) is 0.611. The fourth-order valence-corrected chi connectivity index (χ4v) is 5.55. The van der Waals surface area contributed by atoms with Crippen molar-refractivity contribution in [1.29, 1.82) is 0 Å². The van der Waals surface area contributed by atoms with Crippen molar-refractivity contribution in [2.45, 2.75) is 40.3 Å². The van der Waals surface area contributed by atoms with Crippen LogP contribution in [0.3, 0.4) is 0 Å². The predicted molar refractivity (Wildman–Crippen MR) is 157 cm³/mol. The smallest absolute Gasteiger partial charge is 0.169 e. The third-order valence-electron chi connectivity index (χ3n) is 6.46. The number of aliphatic hydroxyl groups is 1. The summed E-state index contributed by atoms with van der Waals surface area (Å²) in [6.07, 6.45) is 8.62. The van der Waals surface area contributed by atoms with Crippen LogP contribution in [0.15, 0.2) is 55.2 Å². The minimum Gasteiger partial charge on any atom is -0.374 e. The highest BCUT2D eigenvalue weighted by Gasteiger charge is 2.19. The van der Waals surface area contributed by atoms with E-state index in [9.17, 15) is 9.90 Å². The minimum absolute atomic E-state index is 0.0150. The fourth-order valence-electron chi connectivity index (χ4n) is 4.64. The van der Waals surface area contributed by atoms with Gasteiger partial charge >= 0.3 is 0 Å². The van der Waals surface area contributed by atoms with Gasteiger partial charge in [0.1, 0.15) is 17.4 Å². The Morgan fingerprint density at radius 3 is 2.65 bits per heavy atom. The monoisotopic (exact) mass is 552 g/mol. The van der Waals surface area contributed by atoms with Crippen molar-refractivity contribution >= 4 is 44.9 Å². The number of H-pyrrole nitrogens is 2. The number of ketones is 1. The molecule has 6 aromatic rings. The summed E-state index contributed by atoms with van der Waals surface area (Å²) in [6.45, 7) is 7.82. The SMILES string of the molecule is CC(=O)c1ccc(-c2cncc3[nH]c(-c4n[nH]c5ncc(-c6cncc(NC(O)CC(C)(C)C)c6)cc45)nc23)s1. The molecule has 0 bridgehead atoms. The molecule has 0 fully saturated rings. The molecule has 1 unspecified atom stereocenters. The standard InChI is InChI=1S/C29H28N8O2S/c1-15(38)22-5-6-23(40-22)20-13-31-14-21-25(20)35-28(34-21)26-19-8-17(11-32-27(19)37-36-26)16-7-18(12-30-10-16)33-24(39)9-29(2,3)4/h5-8,10-14,24,33,39H,9H2,1-4H3,(H,34,35)(H,32,36,37). The molecule has 6 heterocycles. The van der Waals surface area contributed by atoms with E-state index in [2.05, 4.69) is 56.2 Å². The first-order chi connectivity index (χ1) is 19.1. The molecule has 6 rings (SSSR count). The van der Waals surface area contributed by atoms with E-state index in [0.717, 1.165) is 43.7 Å². The second-order valence-electron chi connectivity index (χ2n) is 11.0. The first-order valence-corrected chi connectivity index (χ1v) is 13.7. The maximum Gasteiger partial charge on any atom is 0.169 e. The Balaban J connectivity index is 1.35. The van der Waals surface area contributed by atoms with Gasteiger partial charge in [0.15, 0.2) is 17.3 Å². The van der Waals surface area contributed by atoms with Crippen molar-refractivity contribution in [3.8, 4) is 33.1 Å². The van der Waals surface area contributed by atoms with Crippen molar-refractivity contribution in [2.75, 3.05) is 5.32 Å². The quantitative estimate of drug-likeness (QED) is 0.138. The summed E-state index contributed by atoms with van der Waals surface area (Å²) in [4.78, 5) is 35.0. The first-order valence-electron chi connectivity index (χ1n) is 12.8. The molecule has 0 amide bonds. The van der Waals surface area contributed by atoms with Gasteiger partial charge in [-0.25, -0.2) is 9.97 Å². The maximum atomic E-state index is 11.8. The lowest BCUT2D eigenvalue weighted by molar-refractivity contribution is 0.102. The summed E-state index contributed by atoms with van der Waals surface area (Å²) in [6, 6.07) is 7.69. The number of fused-ring (bicyclic) bond motifs is 2. The number of hydrogen-bond acceptors (Lipinski definition) is 9. The zero-order valence-electron chi connectivity index (χ0n) is 22.5. The van der Waals surface area contributed by atoms with Gasteiger partial charge in [-0.05, 0) is 43.0 Å². The number of thiophene rings is 1. The molecule has 0 aromatic carbocycles. The van der Waals surface area contributed by atoms with Crippen LogP contribution in [0.5, 0.6) is 0 Å². The predicted octanol–water partition coefficient (Wildman–Crippen LogP) is 6.06. The third kappa shape index (κ3) is 5.08. The molecular formula is C29H28N8O2S. The van der Waals surface area contributed by atoms with Crippen LogP contribution in [0.2, 0.25) is 0 Å². The Bertz CT molecular complexity index is 1860. The number of aliphatic hydroxyl groups excluding tert-OH is 1. The van der Waals surface area contributed by atoms with E-state index in [0.29, 0.717) is 28.5 Å². The molecule has 10 nitrogen and oxygen atoms in total. The molecule has 11 heteroatoms. The average molecular weight is 553 g/mol. The third-order valence-corrected chi connectivity index (χ3v) is 7.68. The Kier molecular flexibility index (Phi) is 6.40. The summed E-state index contributed by atoms with van der Waals surface area (Å²) in [7, 11) is 0. The lowest BCUT2D eigenvalue weighted by Crippen LogP contribution is -2.25. The minimum atomic E-state index is -0.686. The van der Waals surface area contributed by atoms with Crippen molar-refractivity contribution in [2.24, 2.45) is 5.41 Å². The molecule has 0 radical (unpaired) electrons. The Morgan fingerprint density at radius 1 is 1.07 bits per heavy atom. The van der Waals surface area contributed by atoms with Crippen molar-refractivity contribution in [3.05, 3.63) is 60.1 Å². The molecule has 4 N–H and O–H groups in total. The largest absolute Gasteiger partial charge is 0.374 e. The summed E-state index contributed by atoms with van der Waals surface area (Å²) < 4.78 is 0. The van der Waals surface area contributed by atoms with Crippen molar-refractivity contribution in [3.63, 3.8) is 0 Å². The van der Waals surface area contributed by atoms with Crippen LogP contribution >= 0.6 is 11.3 Å². The van der Waals surface area contributed by atoms with E-state index < -0.39 is 6.23 Å². The molecule has 40 heavy (non-hydrogen) atoms. The van der Waals surface area contributed by atoms with Gasteiger partial charge in [0.05, 0.1) is 33.9 Å². The van der Waals surface area contributed by atoms with E-state index >= 15 is 0 Å². The first kappa shape index (κ1) is 25.8. The number of rotatable bonds is 7. The number of aromatic amines is 2. The van der Waals surface area contributed by atoms with Crippen LogP contribution in [0.1, 0.15) is 43.8 Å². The summed E-state index contributed by atoms with van der Waals surface area (Å²) in [5, 5.41) is 21.9. The molecular weight excluding hydrogens is 524 g/mol. The number of carbonyl (C=O) groups is 1. The lowest BCUT2D eigenvalue weighted by Gasteiger charge is -2.23. The fraction of sp³-hybridized carbons (Fsp3) is 0.241. The molecule has 0 spiro atoms. The van der Waals surface area contributed by atoms with Crippen molar-refractivity contribution in [1.82, 2.24) is 35.1 Å². The molecule has 0 aliphatic heterocycles. The van der Waals surface area contributed by atoms with Gasteiger partial charge in [-0.2, -0.15) is 5.10 Å². The number of carbonyl (C=O) groups excluding carboxylic acids is 1. The van der Waals surface area contributed by atoms with Crippen LogP contribution in [-0.2, 0) is 0 Å². The highest BCUT2D eigenvalue weighted by atomic mass is 32.1. The molecule has 0 saturated carbocycles. The van der Waals surface area contributed by atoms with Gasteiger partial charge in [-0.15, -0.1) is 11.3 Å². The van der Waals surface area contributed by atoms with E-state index in [1.807, 2.05) is 24.3 Å². The topological polar surface area (TPSA) is 145 Å². The Hall–Kier alpha value is -4.48. The number of nitrogens with one attached hydrogen (secondary N) is 3. The van der Waals surface area contributed by atoms with Crippen molar-refractivity contribution < 1.29 is 9.90 Å². The average Bonchev–Trinajstić information content (AvgIpc) is 3.65. The van der Waals surface area contributed by atoms with Gasteiger partial charge in [-0.1, -0.05) is 20.8 Å². The van der Waals surface area contributed by atoms with Gasteiger partial charge < -0.3 is 15.4 Å². The number of anilines is 1. The number of Topliss-reactive ketones (excluding diaryl/α,β-unsaturated/α-hetero) is 1. The highest BCUT2D eigenvalue weighted by Crippen LogP contribution is 2.35. The molecule has 0 saturated heterocycles. The second kappa shape index (κ2) is 9.92. The maximum absolute atomic E-state index is 11.8. The van der Waals surface area contributed by atoms with Gasteiger partial charge in [-0.3, -0.25) is 19.9 Å². The van der Waals surface area contributed by atoms with Crippen LogP contribution < -0.4 is 5.32 Å². The van der Waals surface area contributed by atoms with Gasteiger partial charge in [0, 0.05) is 40.2 Å². The lowest BCUT2D eigenvalue weighted by atomic mass is 9.91. The van der Waals surface area contributed by atoms with Gasteiger partial charge in [0.2, 0.25) is 0 Å². The van der Waals surface area contributed by atoms with E-state index in [4.69, 9.17) is 4.98 Å². The zero-order chi connectivity index (χ0) is 28.0. The number of aromatic nitrogens is 7. The molecule has 1 atom stereocenters. The van der Waals surface area contributed by atoms with E-state index in [1.165, 1.54) is 11.3 Å². The van der Waals surface area contributed by atoms with Crippen LogP contribution in [-0.4, -0.2) is 52.2 Å². The number of hydrogen-bond donors (Lipinski definition) is 4. The second-order valence-corrected chi connectivity index (χ2v) is 12.1. The summed E-state index contributed by atoms with van der Waals surface area (Å²) in [5.41, 5.74) is 6.03. The van der Waals surface area contributed by atoms with Crippen LogP contribution in [0.25, 0.3) is 55.2 Å². The number of nitrogens with zero attached hydrogens (tertiary/aromatic N) is 5. The number of pyridine rings is 3. The molecule has 6 aromatic heterocycles.